The molecule has 0 fully saturated rings. The molecule has 4 nitrogen and oxygen atoms in total. The third kappa shape index (κ3) is 2.34. The molecule has 0 aliphatic rings. The molecule has 1 heterocycles. The van der Waals surface area contributed by atoms with Crippen LogP contribution in [0.3, 0.4) is 0 Å². The number of anilines is 1. The zero-order valence-corrected chi connectivity index (χ0v) is 8.94. The molecule has 0 amide bonds. The van der Waals surface area contributed by atoms with Gasteiger partial charge in [-0.05, 0) is 12.5 Å². The first kappa shape index (κ1) is 9.71. The standard InChI is InChI=1S/C11H14N4/c1-9-4-3-5-10(6-9)7-15-8-13-11(12-2)14-15/h3-6,8H,7H2,1-2H3,(H,12,14). The highest BCUT2D eigenvalue weighted by Gasteiger charge is 1.99. The maximum atomic E-state index is 4.25. The summed E-state index contributed by atoms with van der Waals surface area (Å²) in [6.45, 7) is 2.85. The van der Waals surface area contributed by atoms with Crippen LogP contribution >= 0.6 is 0 Å². The minimum absolute atomic E-state index is 0.655. The second kappa shape index (κ2) is 4.13. The largest absolute Gasteiger partial charge is 0.356 e. The van der Waals surface area contributed by atoms with Gasteiger partial charge < -0.3 is 5.32 Å². The number of benzene rings is 1. The van der Waals surface area contributed by atoms with Gasteiger partial charge in [-0.1, -0.05) is 29.8 Å². The number of nitrogens with zero attached hydrogens (tertiary/aromatic N) is 3. The van der Waals surface area contributed by atoms with Crippen molar-refractivity contribution < 1.29 is 0 Å². The zero-order chi connectivity index (χ0) is 10.7. The summed E-state index contributed by atoms with van der Waals surface area (Å²) < 4.78 is 1.82. The molecule has 1 aromatic carbocycles. The van der Waals surface area contributed by atoms with Crippen LogP contribution in [0.5, 0.6) is 0 Å². The van der Waals surface area contributed by atoms with Gasteiger partial charge in [0.15, 0.2) is 0 Å². The quantitative estimate of drug-likeness (QED) is 0.823. The molecule has 0 saturated heterocycles. The molecule has 0 radical (unpaired) electrons. The first-order valence-electron chi connectivity index (χ1n) is 4.90. The summed E-state index contributed by atoms with van der Waals surface area (Å²) in [6.07, 6.45) is 1.73. The van der Waals surface area contributed by atoms with E-state index in [0.29, 0.717) is 5.95 Å². The third-order valence-corrected chi connectivity index (χ3v) is 2.19. The molecule has 2 rings (SSSR count). The lowest BCUT2D eigenvalue weighted by molar-refractivity contribution is 0.686. The van der Waals surface area contributed by atoms with Gasteiger partial charge in [0.25, 0.3) is 0 Å². The van der Waals surface area contributed by atoms with E-state index < -0.39 is 0 Å². The van der Waals surface area contributed by atoms with Gasteiger partial charge in [0, 0.05) is 7.05 Å². The topological polar surface area (TPSA) is 42.7 Å². The molecule has 4 heteroatoms. The highest BCUT2D eigenvalue weighted by atomic mass is 15.4. The van der Waals surface area contributed by atoms with Gasteiger partial charge in [-0.15, -0.1) is 5.10 Å². The lowest BCUT2D eigenvalue weighted by atomic mass is 10.1. The summed E-state index contributed by atoms with van der Waals surface area (Å²) in [5.41, 5.74) is 2.50. The number of rotatable bonds is 3. The summed E-state index contributed by atoms with van der Waals surface area (Å²) in [6, 6.07) is 8.39. The van der Waals surface area contributed by atoms with Crippen molar-refractivity contribution in [3.05, 3.63) is 41.7 Å². The fourth-order valence-corrected chi connectivity index (χ4v) is 1.48. The maximum absolute atomic E-state index is 4.25. The van der Waals surface area contributed by atoms with Gasteiger partial charge >= 0.3 is 0 Å². The Morgan fingerprint density at radius 2 is 2.27 bits per heavy atom. The normalized spacial score (nSPS) is 10.3. The van der Waals surface area contributed by atoms with Gasteiger partial charge in [0.1, 0.15) is 6.33 Å². The van der Waals surface area contributed by atoms with Gasteiger partial charge in [0.2, 0.25) is 5.95 Å². The zero-order valence-electron chi connectivity index (χ0n) is 8.94. The SMILES string of the molecule is CNc1ncn(Cc2cccc(C)c2)n1. The van der Waals surface area contributed by atoms with Crippen LogP contribution < -0.4 is 5.32 Å². The predicted octanol–water partition coefficient (Wildman–Crippen LogP) is 1.68. The summed E-state index contributed by atoms with van der Waals surface area (Å²) >= 11 is 0. The van der Waals surface area contributed by atoms with Crippen LogP contribution in [0.4, 0.5) is 5.95 Å². The molecule has 0 saturated carbocycles. The Kier molecular flexibility index (Phi) is 2.67. The van der Waals surface area contributed by atoms with Crippen molar-refractivity contribution in [2.75, 3.05) is 12.4 Å². The predicted molar refractivity (Wildman–Crippen MR) is 59.8 cm³/mol. The Labute approximate surface area is 89.0 Å². The summed E-state index contributed by atoms with van der Waals surface area (Å²) in [7, 11) is 1.81. The fraction of sp³-hybridized carbons (Fsp3) is 0.273. The molecule has 0 spiro atoms. The number of hydrogen-bond donors (Lipinski definition) is 1. The number of aryl methyl sites for hydroxylation is 1. The number of nitrogens with one attached hydrogen (secondary N) is 1. The molecule has 0 unspecified atom stereocenters. The number of hydrogen-bond acceptors (Lipinski definition) is 3. The Balaban J connectivity index is 2.14. The van der Waals surface area contributed by atoms with Crippen LogP contribution in [-0.2, 0) is 6.54 Å². The Bertz CT molecular complexity index is 447. The monoisotopic (exact) mass is 202 g/mol. The van der Waals surface area contributed by atoms with E-state index in [1.807, 2.05) is 11.7 Å². The van der Waals surface area contributed by atoms with Crippen LogP contribution in [0.2, 0.25) is 0 Å². The van der Waals surface area contributed by atoms with E-state index in [0.717, 1.165) is 6.54 Å². The average molecular weight is 202 g/mol. The molecular weight excluding hydrogens is 188 g/mol. The van der Waals surface area contributed by atoms with E-state index >= 15 is 0 Å². The van der Waals surface area contributed by atoms with Crippen molar-refractivity contribution in [1.29, 1.82) is 0 Å². The van der Waals surface area contributed by atoms with Gasteiger partial charge in [-0.25, -0.2) is 9.67 Å². The lowest BCUT2D eigenvalue weighted by Crippen LogP contribution is -2.01. The van der Waals surface area contributed by atoms with Crippen molar-refractivity contribution in [1.82, 2.24) is 14.8 Å². The summed E-state index contributed by atoms with van der Waals surface area (Å²) in [4.78, 5) is 4.09. The van der Waals surface area contributed by atoms with Gasteiger partial charge in [-0.2, -0.15) is 0 Å². The van der Waals surface area contributed by atoms with Crippen LogP contribution in [0.1, 0.15) is 11.1 Å². The molecule has 0 bridgehead atoms. The molecule has 0 atom stereocenters. The molecule has 1 N–H and O–H groups in total. The lowest BCUT2D eigenvalue weighted by Gasteiger charge is -2.01. The Hall–Kier alpha value is -1.84. The second-order valence-electron chi connectivity index (χ2n) is 3.50. The van der Waals surface area contributed by atoms with Crippen LogP contribution in [-0.4, -0.2) is 21.8 Å². The van der Waals surface area contributed by atoms with Crippen molar-refractivity contribution in [3.63, 3.8) is 0 Å². The van der Waals surface area contributed by atoms with Crippen molar-refractivity contribution in [2.45, 2.75) is 13.5 Å². The smallest absolute Gasteiger partial charge is 0.241 e. The Morgan fingerprint density at radius 3 is 2.93 bits per heavy atom. The molecule has 2 aromatic rings. The third-order valence-electron chi connectivity index (χ3n) is 2.19. The van der Waals surface area contributed by atoms with Crippen molar-refractivity contribution in [2.24, 2.45) is 0 Å². The van der Waals surface area contributed by atoms with E-state index in [1.54, 1.807) is 6.33 Å². The fourth-order valence-electron chi connectivity index (χ4n) is 1.48. The average Bonchev–Trinajstić information content (AvgIpc) is 2.65. The van der Waals surface area contributed by atoms with Crippen LogP contribution in [0, 0.1) is 6.92 Å². The minimum atomic E-state index is 0.655. The van der Waals surface area contributed by atoms with Gasteiger partial charge in [-0.3, -0.25) is 0 Å². The van der Waals surface area contributed by atoms with Crippen LogP contribution in [0.25, 0.3) is 0 Å². The van der Waals surface area contributed by atoms with Crippen molar-refractivity contribution >= 4 is 5.95 Å². The van der Waals surface area contributed by atoms with Crippen molar-refractivity contribution in [3.8, 4) is 0 Å². The van der Waals surface area contributed by atoms with E-state index in [4.69, 9.17) is 0 Å². The molecule has 0 aliphatic carbocycles. The van der Waals surface area contributed by atoms with Crippen LogP contribution in [0.15, 0.2) is 30.6 Å². The molecule has 78 valence electrons. The minimum Gasteiger partial charge on any atom is -0.356 e. The summed E-state index contributed by atoms with van der Waals surface area (Å²) in [5, 5.41) is 7.15. The second-order valence-corrected chi connectivity index (χ2v) is 3.50. The number of aromatic nitrogens is 3. The molecule has 15 heavy (non-hydrogen) atoms. The first-order valence-corrected chi connectivity index (χ1v) is 4.90. The van der Waals surface area contributed by atoms with E-state index in [-0.39, 0.29) is 0 Å². The molecular formula is C11H14N4. The first-order chi connectivity index (χ1) is 7.28. The molecule has 1 aromatic heterocycles. The van der Waals surface area contributed by atoms with E-state index in [9.17, 15) is 0 Å². The highest BCUT2D eigenvalue weighted by molar-refractivity contribution is 5.23. The van der Waals surface area contributed by atoms with E-state index in [1.165, 1.54) is 11.1 Å². The van der Waals surface area contributed by atoms with E-state index in [2.05, 4.69) is 46.6 Å². The molecule has 0 aliphatic heterocycles. The Morgan fingerprint density at radius 1 is 1.40 bits per heavy atom. The highest BCUT2D eigenvalue weighted by Crippen LogP contribution is 2.06. The maximum Gasteiger partial charge on any atom is 0.241 e. The van der Waals surface area contributed by atoms with Gasteiger partial charge in [0.05, 0.1) is 6.54 Å². The summed E-state index contributed by atoms with van der Waals surface area (Å²) in [5.74, 6) is 0.655.